The summed E-state index contributed by atoms with van der Waals surface area (Å²) in [5, 5.41) is 6.97. The van der Waals surface area contributed by atoms with Gasteiger partial charge in [-0.2, -0.15) is 0 Å². The van der Waals surface area contributed by atoms with E-state index in [1.807, 2.05) is 60.7 Å². The van der Waals surface area contributed by atoms with E-state index in [0.717, 1.165) is 28.3 Å². The molecule has 0 bridgehead atoms. The Morgan fingerprint density at radius 2 is 1.61 bits per heavy atom. The molecule has 0 atom stereocenters. The van der Waals surface area contributed by atoms with Crippen LogP contribution in [-0.4, -0.2) is 13.0 Å². The standard InChI is InChI=1S/C35H27I4N3O2/c1-22-8-2-3-9-26(22)24-18-32(42-34(37-19-24)29(36)20-38-39-42)40-21-23-14-16-25(17-15-23)41-35(43)33-27-10-4-6-12-30(27)44-31-13-7-5-11-28(31)33/h2-20,33,40H,21H2,1H3,(H,41,43)/q-2. The van der Waals surface area contributed by atoms with E-state index in [-0.39, 0.29) is 61.4 Å². The zero-order valence-electron chi connectivity index (χ0n) is 23.5. The van der Waals surface area contributed by atoms with E-state index in [4.69, 9.17) is 4.74 Å². The Bertz CT molecular complexity index is 1840. The molecule has 2 N–H and O–H groups in total. The van der Waals surface area contributed by atoms with Crippen molar-refractivity contribution in [1.82, 2.24) is 8.43 Å². The first-order valence-corrected chi connectivity index (χ1v) is 25.9. The van der Waals surface area contributed by atoms with Gasteiger partial charge in [-0.3, -0.25) is 0 Å². The van der Waals surface area contributed by atoms with Gasteiger partial charge in [0.15, 0.2) is 0 Å². The average Bonchev–Trinajstić information content (AvgIpc) is 3.24. The molecule has 224 valence electrons. The van der Waals surface area contributed by atoms with Gasteiger partial charge in [0, 0.05) is 0 Å². The number of para-hydroxylation sites is 2. The van der Waals surface area contributed by atoms with Crippen molar-refractivity contribution in [3.05, 3.63) is 148 Å². The molecule has 0 saturated carbocycles. The van der Waals surface area contributed by atoms with Crippen LogP contribution in [0.1, 0.15) is 33.7 Å². The van der Waals surface area contributed by atoms with Crippen LogP contribution >= 0.6 is 39.3 Å². The van der Waals surface area contributed by atoms with E-state index < -0.39 is 5.92 Å². The van der Waals surface area contributed by atoms with Crippen molar-refractivity contribution in [3.8, 4) is 11.5 Å². The Labute approximate surface area is 298 Å². The van der Waals surface area contributed by atoms with Crippen molar-refractivity contribution >= 4 is 60.5 Å². The third-order valence-corrected chi connectivity index (χ3v) is 22.0. The minimum absolute atomic E-state index is 0.0394. The SMILES string of the molecule is Cc1ccccc1C1=C[I-]C2=C(I)C=I[I-]N2C(NCc2ccc(NC(=O)C3c4ccccc4Oc4ccccc43)cc2)=C1. The molecule has 3 aliphatic rings. The van der Waals surface area contributed by atoms with Gasteiger partial charge < -0.3 is 4.74 Å². The molecule has 0 fully saturated rings. The van der Waals surface area contributed by atoms with Crippen LogP contribution in [0.2, 0.25) is 0 Å². The molecule has 4 aromatic carbocycles. The van der Waals surface area contributed by atoms with Crippen molar-refractivity contribution in [1.29, 1.82) is 0 Å². The van der Waals surface area contributed by atoms with Gasteiger partial charge in [-0.25, -0.2) is 0 Å². The number of fused-ring (bicyclic) bond motifs is 3. The fourth-order valence-corrected chi connectivity index (χ4v) is 24.9. The quantitative estimate of drug-likeness (QED) is 0.178. The summed E-state index contributed by atoms with van der Waals surface area (Å²) in [5.74, 6) is 2.18. The molecular weight excluding hydrogens is 1000 g/mol. The zero-order valence-corrected chi connectivity index (χ0v) is 32.2. The third kappa shape index (κ3) is 6.38. The molecule has 3 aliphatic heterocycles. The van der Waals surface area contributed by atoms with Crippen LogP contribution in [0.25, 0.3) is 5.57 Å². The van der Waals surface area contributed by atoms with Crippen molar-refractivity contribution in [2.24, 2.45) is 0 Å². The first-order chi connectivity index (χ1) is 21.5. The number of anilines is 1. The van der Waals surface area contributed by atoms with E-state index in [0.29, 0.717) is 6.54 Å². The summed E-state index contributed by atoms with van der Waals surface area (Å²) in [6.07, 6.45) is 2.37. The number of halogens is 4. The van der Waals surface area contributed by atoms with Crippen molar-refractivity contribution in [3.63, 3.8) is 0 Å². The minimum atomic E-state index is -0.434. The van der Waals surface area contributed by atoms with E-state index in [1.54, 1.807) is 0 Å². The topological polar surface area (TPSA) is 53.6 Å². The number of nitrogens with one attached hydrogen (secondary N) is 2. The van der Waals surface area contributed by atoms with Gasteiger partial charge in [0.2, 0.25) is 0 Å². The van der Waals surface area contributed by atoms with E-state index in [1.165, 1.54) is 35.4 Å². The third-order valence-electron chi connectivity index (χ3n) is 7.48. The maximum absolute atomic E-state index is 13.7. The number of carbonyl (C=O) groups excluding carboxylic acids is 1. The number of hydrogen-bond acceptors (Lipinski definition) is 4. The molecule has 0 spiro atoms. The molecule has 0 saturated heterocycles. The van der Waals surface area contributed by atoms with Gasteiger partial charge in [-0.15, -0.1) is 0 Å². The summed E-state index contributed by atoms with van der Waals surface area (Å²) >= 11 is 2.38. The monoisotopic (exact) mass is 1030 g/mol. The van der Waals surface area contributed by atoms with E-state index in [9.17, 15) is 4.79 Å². The van der Waals surface area contributed by atoms with Gasteiger partial charge >= 0.3 is 237 Å². The fraction of sp³-hybridized carbons (Fsp3) is 0.0857. The van der Waals surface area contributed by atoms with Gasteiger partial charge in [0.25, 0.3) is 0 Å². The molecule has 0 aliphatic carbocycles. The van der Waals surface area contributed by atoms with E-state index in [2.05, 4.69) is 93.8 Å². The fourth-order valence-electron chi connectivity index (χ4n) is 5.30. The Hall–Kier alpha value is -2.24. The van der Waals surface area contributed by atoms with Gasteiger partial charge in [-0.1, -0.05) is 36.4 Å². The summed E-state index contributed by atoms with van der Waals surface area (Å²) in [7, 11) is 0. The van der Waals surface area contributed by atoms with Crippen molar-refractivity contribution < 1.29 is 48.2 Å². The van der Waals surface area contributed by atoms with Crippen LogP contribution in [0.4, 0.5) is 5.69 Å². The molecule has 7 rings (SSSR count). The van der Waals surface area contributed by atoms with Crippen molar-refractivity contribution in [2.45, 2.75) is 19.4 Å². The van der Waals surface area contributed by atoms with E-state index >= 15 is 0 Å². The molecule has 0 radical (unpaired) electrons. The zero-order chi connectivity index (χ0) is 30.0. The molecule has 4 aromatic rings. The van der Waals surface area contributed by atoms with Crippen LogP contribution in [-0.2, 0) is 11.3 Å². The number of amides is 1. The molecule has 0 aromatic heterocycles. The molecule has 1 amide bonds. The number of carbonyl (C=O) groups is 1. The predicted octanol–water partition coefficient (Wildman–Crippen LogP) is 2.56. The van der Waals surface area contributed by atoms with Crippen LogP contribution in [0.15, 0.2) is 120 Å². The Morgan fingerprint density at radius 3 is 2.34 bits per heavy atom. The Kier molecular flexibility index (Phi) is 9.42. The summed E-state index contributed by atoms with van der Waals surface area (Å²) in [5.41, 5.74) is 7.65. The summed E-state index contributed by atoms with van der Waals surface area (Å²) in [4.78, 5) is 13.7. The van der Waals surface area contributed by atoms with Gasteiger partial charge in [-0.05, 0) is 12.1 Å². The molecule has 44 heavy (non-hydrogen) atoms. The summed E-state index contributed by atoms with van der Waals surface area (Å²) < 4.78 is 16.7. The second-order valence-corrected chi connectivity index (χ2v) is 21.8. The maximum atomic E-state index is 13.7. The summed E-state index contributed by atoms with van der Waals surface area (Å²) in [6, 6.07) is 32.4. The van der Waals surface area contributed by atoms with Gasteiger partial charge in [0.1, 0.15) is 11.5 Å². The molecule has 9 heteroatoms. The number of allylic oxidation sites excluding steroid dienone is 3. The number of aryl methyl sites for hydroxylation is 1. The number of ether oxygens (including phenoxy) is 1. The van der Waals surface area contributed by atoms with Crippen LogP contribution < -0.4 is 54.1 Å². The van der Waals surface area contributed by atoms with Crippen LogP contribution in [0.5, 0.6) is 11.5 Å². The Balaban J connectivity index is 1.09. The number of hydrogen-bond donors (Lipinski definition) is 2. The molecular formula is C35H27I4N3O2-2. The second kappa shape index (κ2) is 13.6. The normalized spacial score (nSPS) is 16.2. The van der Waals surface area contributed by atoms with Gasteiger partial charge in [0.05, 0.1) is 0 Å². The van der Waals surface area contributed by atoms with Crippen LogP contribution in [0, 0.1) is 6.92 Å². The number of rotatable bonds is 6. The molecule has 0 unspecified atom stereocenters. The van der Waals surface area contributed by atoms with Crippen molar-refractivity contribution in [2.75, 3.05) is 5.32 Å². The first-order valence-electron chi connectivity index (χ1n) is 14.0. The average molecular weight is 1030 g/mol. The van der Waals surface area contributed by atoms with Crippen LogP contribution in [0.3, 0.4) is 0 Å². The number of benzene rings is 4. The number of nitrogens with zero attached hydrogens (tertiary/aromatic N) is 1. The summed E-state index contributed by atoms with van der Waals surface area (Å²) in [6.45, 7) is 2.91. The second-order valence-electron chi connectivity index (χ2n) is 10.3. The molecule has 3 heterocycles. The predicted molar refractivity (Wildman–Crippen MR) is 187 cm³/mol. The Morgan fingerprint density at radius 1 is 0.932 bits per heavy atom. The first kappa shape index (κ1) is 30.4. The molecule has 5 nitrogen and oxygen atoms in total.